The van der Waals surface area contributed by atoms with Crippen LogP contribution in [0.4, 0.5) is 0 Å². The Morgan fingerprint density at radius 2 is 2.05 bits per heavy atom. The van der Waals surface area contributed by atoms with Crippen molar-refractivity contribution in [2.45, 2.75) is 37.5 Å². The molecule has 2 atom stereocenters. The van der Waals surface area contributed by atoms with Crippen LogP contribution in [0, 0.1) is 6.07 Å². The first kappa shape index (κ1) is 13.4. The Morgan fingerprint density at radius 3 is 3.00 bits per heavy atom. The Morgan fingerprint density at radius 1 is 1.14 bits per heavy atom. The summed E-state index contributed by atoms with van der Waals surface area (Å²) in [5, 5.41) is 2.31. The van der Waals surface area contributed by atoms with Crippen molar-refractivity contribution in [1.29, 1.82) is 0 Å². The molecule has 2 heterocycles. The Labute approximate surface area is 137 Å². The third-order valence-corrected chi connectivity index (χ3v) is 5.04. The van der Waals surface area contributed by atoms with Gasteiger partial charge in [-0.3, -0.25) is 0 Å². The standard InChI is InChI=1S/C18H15N2.Ir/c1-3-11-9-12(4-1)18-15(11)10-13-6-7-16-14(17(13)20-18)5-2-8-19-16;/h2,6-8,10-12H,1,3-4,9H2;/q-1;. The number of nitrogens with zero attached hydrogens (tertiary/aromatic N) is 2. The van der Waals surface area contributed by atoms with Gasteiger partial charge in [0.2, 0.25) is 0 Å². The molecule has 0 N–H and O–H groups in total. The molecule has 1 fully saturated rings. The number of rotatable bonds is 0. The number of fused-ring (bicyclic) bond motifs is 8. The first-order valence-corrected chi connectivity index (χ1v) is 7.50. The zero-order valence-corrected chi connectivity index (χ0v) is 14.0. The van der Waals surface area contributed by atoms with Crippen LogP contribution in [0.15, 0.2) is 30.5 Å². The van der Waals surface area contributed by atoms with Gasteiger partial charge >= 0.3 is 0 Å². The molecule has 1 aromatic carbocycles. The average molecular weight is 452 g/mol. The monoisotopic (exact) mass is 452 g/mol. The van der Waals surface area contributed by atoms with Gasteiger partial charge in [-0.05, 0) is 47.2 Å². The summed E-state index contributed by atoms with van der Waals surface area (Å²) in [7, 11) is 0. The van der Waals surface area contributed by atoms with E-state index in [1.54, 1.807) is 6.20 Å². The summed E-state index contributed by atoms with van der Waals surface area (Å²) in [6, 6.07) is 11.8. The predicted molar refractivity (Wildman–Crippen MR) is 79.8 cm³/mol. The van der Waals surface area contributed by atoms with Gasteiger partial charge in [0.15, 0.2) is 0 Å². The molecule has 0 amide bonds. The molecule has 3 aromatic rings. The van der Waals surface area contributed by atoms with Crippen LogP contribution in [0.1, 0.15) is 48.8 Å². The van der Waals surface area contributed by atoms with E-state index in [2.05, 4.69) is 29.2 Å². The van der Waals surface area contributed by atoms with E-state index < -0.39 is 0 Å². The van der Waals surface area contributed by atoms with E-state index in [0.717, 1.165) is 22.3 Å². The molecule has 107 valence electrons. The summed E-state index contributed by atoms with van der Waals surface area (Å²) in [4.78, 5) is 9.48. The molecule has 2 aliphatic rings. The molecule has 21 heavy (non-hydrogen) atoms. The Kier molecular flexibility index (Phi) is 3.09. The predicted octanol–water partition coefficient (Wildman–Crippen LogP) is 4.34. The molecular weight excluding hydrogens is 436 g/mol. The quantitative estimate of drug-likeness (QED) is 0.376. The number of pyridine rings is 2. The maximum atomic E-state index is 5.06. The first-order valence-electron chi connectivity index (χ1n) is 7.50. The number of benzene rings is 1. The van der Waals surface area contributed by atoms with Crippen LogP contribution in [-0.2, 0) is 20.1 Å². The Bertz CT molecular complexity index is 843. The molecular formula is C18H15IrN2-. The minimum atomic E-state index is 0. The molecule has 0 aliphatic heterocycles. The number of hydrogen-bond acceptors (Lipinski definition) is 2. The van der Waals surface area contributed by atoms with Gasteiger partial charge in [0, 0.05) is 31.7 Å². The summed E-state index contributed by atoms with van der Waals surface area (Å²) in [5.41, 5.74) is 4.96. The van der Waals surface area contributed by atoms with Crippen molar-refractivity contribution < 1.29 is 20.1 Å². The maximum Gasteiger partial charge on any atom is 0.0363 e. The average Bonchev–Trinajstić information content (AvgIpc) is 2.76. The van der Waals surface area contributed by atoms with Crippen molar-refractivity contribution >= 4 is 21.8 Å². The number of hydrogen-bond donors (Lipinski definition) is 0. The van der Waals surface area contributed by atoms with Crippen molar-refractivity contribution in [3.05, 3.63) is 47.8 Å². The minimum absolute atomic E-state index is 0. The summed E-state index contributed by atoms with van der Waals surface area (Å²) in [6.07, 6.45) is 7.14. The summed E-state index contributed by atoms with van der Waals surface area (Å²) >= 11 is 0. The van der Waals surface area contributed by atoms with E-state index in [9.17, 15) is 0 Å². The van der Waals surface area contributed by atoms with Crippen LogP contribution in [0.2, 0.25) is 0 Å². The van der Waals surface area contributed by atoms with Crippen molar-refractivity contribution in [3.8, 4) is 0 Å². The molecule has 2 unspecified atom stereocenters. The second-order valence-electron chi connectivity index (χ2n) is 6.14. The van der Waals surface area contributed by atoms with E-state index in [-0.39, 0.29) is 20.1 Å². The molecule has 1 saturated carbocycles. The SMILES string of the molecule is [Ir].[c-]1ccnc2ccc3cc4c(nc3c12)C1CCCC4C1. The normalized spacial score (nSPS) is 23.0. The molecule has 0 spiro atoms. The Hall–Kier alpha value is -1.31. The van der Waals surface area contributed by atoms with E-state index in [1.807, 2.05) is 6.07 Å². The molecule has 2 nitrogen and oxygen atoms in total. The topological polar surface area (TPSA) is 25.8 Å². The van der Waals surface area contributed by atoms with Gasteiger partial charge in [-0.2, -0.15) is 0 Å². The number of aromatic nitrogens is 2. The molecule has 5 rings (SSSR count). The van der Waals surface area contributed by atoms with Crippen LogP contribution in [-0.4, -0.2) is 9.97 Å². The van der Waals surface area contributed by atoms with E-state index >= 15 is 0 Å². The van der Waals surface area contributed by atoms with Gasteiger partial charge in [-0.25, -0.2) is 0 Å². The second-order valence-corrected chi connectivity index (χ2v) is 6.14. The molecule has 1 radical (unpaired) electrons. The van der Waals surface area contributed by atoms with Crippen LogP contribution in [0.25, 0.3) is 21.8 Å². The molecule has 3 heteroatoms. The third-order valence-electron chi connectivity index (χ3n) is 5.04. The van der Waals surface area contributed by atoms with E-state index in [4.69, 9.17) is 4.98 Å². The molecule has 2 bridgehead atoms. The molecule has 0 saturated heterocycles. The fourth-order valence-electron chi connectivity index (χ4n) is 4.12. The van der Waals surface area contributed by atoms with Crippen LogP contribution < -0.4 is 0 Å². The first-order chi connectivity index (χ1) is 9.90. The largest absolute Gasteiger partial charge is 0.352 e. The van der Waals surface area contributed by atoms with Gasteiger partial charge < -0.3 is 9.97 Å². The smallest absolute Gasteiger partial charge is 0.0363 e. The zero-order valence-electron chi connectivity index (χ0n) is 11.6. The fraction of sp³-hybridized carbons (Fsp3) is 0.333. The third kappa shape index (κ3) is 1.88. The van der Waals surface area contributed by atoms with Gasteiger partial charge in [0.25, 0.3) is 0 Å². The second kappa shape index (κ2) is 4.86. The van der Waals surface area contributed by atoms with Crippen molar-refractivity contribution in [1.82, 2.24) is 9.97 Å². The zero-order chi connectivity index (χ0) is 13.1. The van der Waals surface area contributed by atoms with Crippen molar-refractivity contribution in [2.75, 3.05) is 0 Å². The van der Waals surface area contributed by atoms with Gasteiger partial charge in [-0.1, -0.05) is 36.2 Å². The van der Waals surface area contributed by atoms with Gasteiger partial charge in [0.05, 0.1) is 0 Å². The van der Waals surface area contributed by atoms with Crippen molar-refractivity contribution in [2.24, 2.45) is 0 Å². The minimum Gasteiger partial charge on any atom is -0.352 e. The molecule has 2 aliphatic carbocycles. The van der Waals surface area contributed by atoms with Crippen LogP contribution >= 0.6 is 0 Å². The fourth-order valence-corrected chi connectivity index (χ4v) is 4.12. The van der Waals surface area contributed by atoms with Crippen LogP contribution in [0.3, 0.4) is 0 Å². The van der Waals surface area contributed by atoms with E-state index in [0.29, 0.717) is 5.92 Å². The van der Waals surface area contributed by atoms with E-state index in [1.165, 1.54) is 42.3 Å². The maximum absolute atomic E-state index is 5.06. The Balaban J connectivity index is 0.00000115. The summed E-state index contributed by atoms with van der Waals surface area (Å²) in [5.74, 6) is 1.45. The van der Waals surface area contributed by atoms with Gasteiger partial charge in [-0.15, -0.1) is 12.1 Å². The van der Waals surface area contributed by atoms with Crippen molar-refractivity contribution in [3.63, 3.8) is 0 Å². The summed E-state index contributed by atoms with van der Waals surface area (Å²) < 4.78 is 0. The molecule has 2 aromatic heterocycles. The summed E-state index contributed by atoms with van der Waals surface area (Å²) in [6.45, 7) is 0. The van der Waals surface area contributed by atoms with Gasteiger partial charge in [0.1, 0.15) is 0 Å². The van der Waals surface area contributed by atoms with Crippen LogP contribution in [0.5, 0.6) is 0 Å².